The highest BCUT2D eigenvalue weighted by Gasteiger charge is 2.20. The molecule has 31 heteroatoms. The van der Waals surface area contributed by atoms with Gasteiger partial charge in [0.1, 0.15) is 11.2 Å². The van der Waals surface area contributed by atoms with Crippen LogP contribution in [0.3, 0.4) is 0 Å². The highest BCUT2D eigenvalue weighted by molar-refractivity contribution is 9.09. The van der Waals surface area contributed by atoms with Crippen LogP contribution in [0.4, 0.5) is 9.59 Å². The van der Waals surface area contributed by atoms with Crippen molar-refractivity contribution in [1.82, 2.24) is 57.2 Å². The van der Waals surface area contributed by atoms with E-state index in [0.29, 0.717) is 90.0 Å². The minimum absolute atomic E-state index is 0. The number of nitrogens with one attached hydrogen (secondary N) is 8. The van der Waals surface area contributed by atoms with E-state index in [0.717, 1.165) is 76.1 Å². The minimum atomic E-state index is -0.924. The lowest BCUT2D eigenvalue weighted by atomic mass is 10.2. The summed E-state index contributed by atoms with van der Waals surface area (Å²) in [5.74, 6) is -0.999. The maximum Gasteiger partial charge on any atom is 0.407 e. The lowest BCUT2D eigenvalue weighted by Gasteiger charge is -2.26. The van der Waals surface area contributed by atoms with Gasteiger partial charge in [-0.15, -0.1) is 35.9 Å². The number of esters is 2. The van der Waals surface area contributed by atoms with Crippen molar-refractivity contribution in [2.45, 2.75) is 65.6 Å². The number of halogens is 2. The van der Waals surface area contributed by atoms with Crippen molar-refractivity contribution in [2.24, 2.45) is 5.73 Å². The van der Waals surface area contributed by atoms with Gasteiger partial charge in [-0.1, -0.05) is 15.9 Å². The Labute approximate surface area is 477 Å². The molecule has 0 unspecified atom stereocenters. The maximum absolute atomic E-state index is 11.3. The Morgan fingerprint density at radius 2 is 1.12 bits per heavy atom. The average molecular weight is 1230 g/mol. The first-order valence-electron chi connectivity index (χ1n) is 25.0. The number of ether oxygens (including phenoxy) is 4. The molecule has 0 aromatic heterocycles. The second kappa shape index (κ2) is 45.6. The lowest BCUT2D eigenvalue weighted by Crippen LogP contribution is -2.49. The van der Waals surface area contributed by atoms with Crippen LogP contribution >= 0.6 is 51.9 Å². The molecule has 6 rings (SSSR count). The van der Waals surface area contributed by atoms with Crippen molar-refractivity contribution in [1.29, 1.82) is 0 Å². The Balaban J connectivity index is -0.000000867. The summed E-state index contributed by atoms with van der Waals surface area (Å²) < 4.78 is 19.2. The number of carboxylic acid groups (broad SMARTS) is 1. The number of carbonyl (C=O) groups is 10. The molecule has 0 atom stereocenters. The number of nitrogens with zero attached hydrogens (tertiary/aromatic N) is 3. The van der Waals surface area contributed by atoms with Gasteiger partial charge in [-0.25, -0.2) is 9.59 Å². The van der Waals surface area contributed by atoms with Crippen LogP contribution in [0.15, 0.2) is 0 Å². The molecule has 448 valence electrons. The van der Waals surface area contributed by atoms with Crippen LogP contribution in [0.1, 0.15) is 55.8 Å². The fourth-order valence-electron chi connectivity index (χ4n) is 6.03. The van der Waals surface area contributed by atoms with Crippen molar-refractivity contribution in [2.75, 3.05) is 166 Å². The van der Waals surface area contributed by atoms with Gasteiger partial charge < -0.3 is 72.3 Å². The Bertz CT molecular complexity index is 1750. The van der Waals surface area contributed by atoms with Crippen molar-refractivity contribution in [3.63, 3.8) is 0 Å². The normalized spacial score (nSPS) is 17.5. The third kappa shape index (κ3) is 49.7. The van der Waals surface area contributed by atoms with E-state index in [2.05, 4.69) is 68.1 Å². The number of cyclic esters (lactones) is 2. The van der Waals surface area contributed by atoms with Gasteiger partial charge >= 0.3 is 30.1 Å². The van der Waals surface area contributed by atoms with E-state index < -0.39 is 35.2 Å². The first-order valence-corrected chi connectivity index (χ1v) is 28.4. The fraction of sp³-hybridized carbons (Fsp3) is 0.783. The predicted octanol–water partition coefficient (Wildman–Crippen LogP) is -1.45. The molecule has 77 heavy (non-hydrogen) atoms. The molecule has 0 aromatic rings. The van der Waals surface area contributed by atoms with Gasteiger partial charge in [-0.3, -0.25) is 53.1 Å². The second-order valence-corrected chi connectivity index (χ2v) is 21.4. The molecule has 6 saturated heterocycles. The number of hydrogen-bond donors (Lipinski definition) is 10. The van der Waals surface area contributed by atoms with Crippen molar-refractivity contribution in [3.05, 3.63) is 0 Å². The lowest BCUT2D eigenvalue weighted by molar-refractivity contribution is -0.156. The van der Waals surface area contributed by atoms with E-state index in [1.807, 2.05) is 51.3 Å². The summed E-state index contributed by atoms with van der Waals surface area (Å²) in [5.41, 5.74) is 4.45. The molecule has 0 spiro atoms. The van der Waals surface area contributed by atoms with Crippen molar-refractivity contribution in [3.8, 4) is 0 Å². The summed E-state index contributed by atoms with van der Waals surface area (Å²) in [4.78, 5) is 113. The Morgan fingerprint density at radius 1 is 0.675 bits per heavy atom. The predicted molar refractivity (Wildman–Crippen MR) is 301 cm³/mol. The number of amides is 7. The number of carbonyl (C=O) groups excluding carboxylic acids is 9. The zero-order valence-electron chi connectivity index (χ0n) is 45.5. The maximum atomic E-state index is 11.3. The standard InChI is InChI=1S/C11H21N3O3.C10H17N3O4S.C7H14BrNO2.C6H13N3O.C4H8N2O.C4H4O3S.C4H8O.ClH.H2/c1-11(2,3)17-10(16)13-5-7-14-6-4-12-9(15)8-14;14-8-5-13(3-1-11-8)4-2-12-9(15)6-18-7-10(16)17;1-7(2,3)11-6(10)9-5-4-8;7-1-3-9-4-2-8-6(10)5-9;7-4-3-5-1-2-6-4;5-3-1-8-2-4(6)7-3;1-2-4-5-3-1;;/h4-8H2,1-3H3,(H,12,15)(H,13,16);1-7H2,(H,11,14)(H,12,15)(H,16,17);4-5H2,1-3H3,(H,9,10);1-5,7H2,(H,8,10);5H,1-3H2,(H,6,7);1-2H2;1-4H2;2*1H. The Kier molecular flexibility index (Phi) is 44.3. The smallest absolute Gasteiger partial charge is 0.407 e. The largest absolute Gasteiger partial charge is 0.481 e. The van der Waals surface area contributed by atoms with Gasteiger partial charge in [0.15, 0.2) is 0 Å². The van der Waals surface area contributed by atoms with E-state index in [1.54, 1.807) is 0 Å². The minimum Gasteiger partial charge on any atom is -0.481 e. The summed E-state index contributed by atoms with van der Waals surface area (Å²) in [6.45, 7) is 25.3. The fourth-order valence-corrected chi connectivity index (χ4v) is 7.34. The SMILES string of the molecule is C1CCOC1.CC(C)(C)OC(=O)NCCBr.CC(C)(C)OC(=O)NCCN1CCNC(=O)C1.Cl.NCCN1CCNC(=O)C1.O=C(O)CSCC(=O)NCCN1CCNC(=O)C1.O=C1CNCCN1.O=C1CSCC(=O)O1.[HH]. The number of nitrogens with two attached hydrogens (primary N) is 1. The average Bonchev–Trinajstić information content (AvgIpc) is 3.92. The molecule has 0 saturated carbocycles. The van der Waals surface area contributed by atoms with E-state index >= 15 is 0 Å². The first kappa shape index (κ1) is 74.8. The number of thioether (sulfide) groups is 2. The number of hydrogen-bond acceptors (Lipinski definition) is 21. The topological polar surface area (TPSA) is 360 Å². The van der Waals surface area contributed by atoms with Crippen LogP contribution in [-0.2, 0) is 57.3 Å². The zero-order valence-corrected chi connectivity index (χ0v) is 49.5. The quantitative estimate of drug-likeness (QED) is 0.0412. The highest BCUT2D eigenvalue weighted by atomic mass is 79.9. The monoisotopic (exact) mass is 1230 g/mol. The molecule has 0 aliphatic carbocycles. The third-order valence-corrected chi connectivity index (χ3v) is 11.5. The molecule has 6 aliphatic heterocycles. The molecule has 11 N–H and O–H groups in total. The van der Waals surface area contributed by atoms with Gasteiger partial charge in [-0.2, -0.15) is 0 Å². The zero-order chi connectivity index (χ0) is 57.2. The summed E-state index contributed by atoms with van der Waals surface area (Å²) in [6, 6.07) is 0. The molecule has 0 bridgehead atoms. The number of carboxylic acids is 1. The van der Waals surface area contributed by atoms with Gasteiger partial charge in [0.2, 0.25) is 29.5 Å². The van der Waals surface area contributed by atoms with Crippen molar-refractivity contribution < 1.29 is 73.4 Å². The molecule has 0 radical (unpaired) electrons. The van der Waals surface area contributed by atoms with Gasteiger partial charge in [0.25, 0.3) is 0 Å². The molecule has 27 nitrogen and oxygen atoms in total. The third-order valence-electron chi connectivity index (χ3n) is 9.27. The summed E-state index contributed by atoms with van der Waals surface area (Å²) in [6.07, 6.45) is 1.77. The molecule has 7 amide bonds. The van der Waals surface area contributed by atoms with Crippen LogP contribution in [0.2, 0.25) is 0 Å². The highest BCUT2D eigenvalue weighted by Crippen LogP contribution is 2.08. The van der Waals surface area contributed by atoms with Gasteiger partial charge in [-0.05, 0) is 54.4 Å². The molecule has 6 heterocycles. The summed E-state index contributed by atoms with van der Waals surface area (Å²) >= 11 is 5.54. The second-order valence-electron chi connectivity index (χ2n) is 18.6. The Morgan fingerprint density at radius 3 is 1.44 bits per heavy atom. The van der Waals surface area contributed by atoms with E-state index in [-0.39, 0.29) is 61.0 Å². The van der Waals surface area contributed by atoms with Crippen LogP contribution in [0.5, 0.6) is 0 Å². The molecular formula is C46H88BrClN12O15S2. The molecule has 0 aromatic carbocycles. The van der Waals surface area contributed by atoms with Crippen LogP contribution < -0.4 is 48.3 Å². The van der Waals surface area contributed by atoms with Gasteiger partial charge in [0, 0.05) is 118 Å². The number of alkyl carbamates (subject to hydrolysis) is 2. The van der Waals surface area contributed by atoms with Crippen LogP contribution in [-0.4, -0.2) is 257 Å². The number of rotatable bonds is 14. The van der Waals surface area contributed by atoms with Crippen LogP contribution in [0, 0.1) is 0 Å². The van der Waals surface area contributed by atoms with Crippen LogP contribution in [0.25, 0.3) is 0 Å². The molecule has 6 fully saturated rings. The van der Waals surface area contributed by atoms with E-state index in [4.69, 9.17) is 25.1 Å². The van der Waals surface area contributed by atoms with E-state index in [1.165, 1.54) is 24.6 Å². The van der Waals surface area contributed by atoms with Gasteiger partial charge in [0.05, 0.1) is 49.2 Å². The number of alkyl halides is 1. The van der Waals surface area contributed by atoms with E-state index in [9.17, 15) is 47.9 Å². The Hall–Kier alpha value is -4.27. The molecular weight excluding hydrogens is 1140 g/mol. The number of aliphatic carboxylic acids is 1. The summed E-state index contributed by atoms with van der Waals surface area (Å²) in [5, 5.41) is 30.9. The van der Waals surface area contributed by atoms with Crippen molar-refractivity contribution >= 4 is 111 Å². The molecule has 6 aliphatic rings. The summed E-state index contributed by atoms with van der Waals surface area (Å²) in [7, 11) is 0. The number of piperazine rings is 4. The first-order chi connectivity index (χ1) is 35.9.